The molecular weight excluding hydrogens is 264 g/mol. The van der Waals surface area contributed by atoms with Crippen molar-refractivity contribution in [2.24, 2.45) is 11.8 Å². The van der Waals surface area contributed by atoms with E-state index in [0.717, 1.165) is 12.0 Å². The molecule has 0 saturated heterocycles. The average Bonchev–Trinajstić information content (AvgIpc) is 3.22. The number of carbonyl (C=O) groups excluding carboxylic acids is 2. The summed E-state index contributed by atoms with van der Waals surface area (Å²) in [4.78, 5) is 23.1. The molecule has 2 N–H and O–H groups in total. The third-order valence-corrected chi connectivity index (χ3v) is 3.48. The van der Waals surface area contributed by atoms with Crippen LogP contribution in [0.15, 0.2) is 30.3 Å². The molecule has 2 unspecified atom stereocenters. The Morgan fingerprint density at radius 1 is 1.24 bits per heavy atom. The van der Waals surface area contributed by atoms with Crippen molar-refractivity contribution in [3.8, 4) is 11.8 Å². The molecule has 1 fully saturated rings. The molecule has 1 saturated carbocycles. The summed E-state index contributed by atoms with van der Waals surface area (Å²) in [7, 11) is 0. The van der Waals surface area contributed by atoms with Crippen molar-refractivity contribution in [3.05, 3.63) is 35.9 Å². The Bertz CT molecular complexity index is 557. The number of nitrogens with one attached hydrogen (secondary N) is 2. The van der Waals surface area contributed by atoms with Crippen LogP contribution in [0, 0.1) is 23.7 Å². The summed E-state index contributed by atoms with van der Waals surface area (Å²) in [6.07, 6.45) is 1.26. The second-order valence-electron chi connectivity index (χ2n) is 5.31. The van der Waals surface area contributed by atoms with Crippen LogP contribution in [0.1, 0.15) is 25.3 Å². The lowest BCUT2D eigenvalue weighted by Gasteiger charge is -2.04. The SMILES string of the molecule is CC1CC1C(=O)NCCC(=O)NCC#Cc1ccccc1. The van der Waals surface area contributed by atoms with Crippen molar-refractivity contribution < 1.29 is 9.59 Å². The highest BCUT2D eigenvalue weighted by atomic mass is 16.2. The van der Waals surface area contributed by atoms with E-state index < -0.39 is 0 Å². The molecular formula is C17H20N2O2. The van der Waals surface area contributed by atoms with E-state index in [9.17, 15) is 9.59 Å². The molecule has 4 nitrogen and oxygen atoms in total. The summed E-state index contributed by atoms with van der Waals surface area (Å²) < 4.78 is 0. The Hall–Kier alpha value is -2.28. The molecule has 2 atom stereocenters. The number of rotatable bonds is 5. The minimum atomic E-state index is -0.0958. The van der Waals surface area contributed by atoms with Crippen LogP contribution in [-0.2, 0) is 9.59 Å². The molecule has 1 aromatic rings. The van der Waals surface area contributed by atoms with Gasteiger partial charge in [0.25, 0.3) is 0 Å². The second kappa shape index (κ2) is 7.49. The molecule has 4 heteroatoms. The van der Waals surface area contributed by atoms with Gasteiger partial charge < -0.3 is 10.6 Å². The third-order valence-electron chi connectivity index (χ3n) is 3.48. The fourth-order valence-corrected chi connectivity index (χ4v) is 2.02. The van der Waals surface area contributed by atoms with E-state index in [1.165, 1.54) is 0 Å². The van der Waals surface area contributed by atoms with Gasteiger partial charge in [-0.3, -0.25) is 9.59 Å². The standard InChI is InChI=1S/C17H20N2O2/c1-13-12-15(13)17(21)19-11-9-16(20)18-10-5-8-14-6-3-2-4-7-14/h2-4,6-7,13,15H,9-12H2,1H3,(H,18,20)(H,19,21). The van der Waals surface area contributed by atoms with Gasteiger partial charge in [-0.25, -0.2) is 0 Å². The predicted molar refractivity (Wildman–Crippen MR) is 81.2 cm³/mol. The van der Waals surface area contributed by atoms with Crippen LogP contribution in [0.4, 0.5) is 0 Å². The Kier molecular flexibility index (Phi) is 5.39. The average molecular weight is 284 g/mol. The number of hydrogen-bond donors (Lipinski definition) is 2. The van der Waals surface area contributed by atoms with Gasteiger partial charge in [0.1, 0.15) is 0 Å². The summed E-state index contributed by atoms with van der Waals surface area (Å²) in [6, 6.07) is 9.62. The Labute approximate surface area is 125 Å². The number of amides is 2. The first-order chi connectivity index (χ1) is 10.2. The maximum Gasteiger partial charge on any atom is 0.223 e. The van der Waals surface area contributed by atoms with Crippen LogP contribution >= 0.6 is 0 Å². The van der Waals surface area contributed by atoms with Crippen LogP contribution in [0.5, 0.6) is 0 Å². The molecule has 0 radical (unpaired) electrons. The maximum atomic E-state index is 11.6. The van der Waals surface area contributed by atoms with Crippen molar-refractivity contribution in [1.82, 2.24) is 10.6 Å². The van der Waals surface area contributed by atoms with Crippen molar-refractivity contribution in [2.75, 3.05) is 13.1 Å². The van der Waals surface area contributed by atoms with E-state index in [4.69, 9.17) is 0 Å². The van der Waals surface area contributed by atoms with Gasteiger partial charge in [-0.15, -0.1) is 0 Å². The van der Waals surface area contributed by atoms with Crippen molar-refractivity contribution in [1.29, 1.82) is 0 Å². The molecule has 1 aromatic carbocycles. The zero-order valence-electron chi connectivity index (χ0n) is 12.2. The summed E-state index contributed by atoms with van der Waals surface area (Å²) in [6.45, 7) is 2.77. The Morgan fingerprint density at radius 3 is 2.62 bits per heavy atom. The first-order valence-electron chi connectivity index (χ1n) is 7.25. The Balaban J connectivity index is 1.58. The van der Waals surface area contributed by atoms with Crippen molar-refractivity contribution >= 4 is 11.8 Å². The van der Waals surface area contributed by atoms with E-state index in [1.807, 2.05) is 30.3 Å². The molecule has 0 aromatic heterocycles. The first-order valence-corrected chi connectivity index (χ1v) is 7.25. The molecule has 2 rings (SSSR count). The largest absolute Gasteiger partial charge is 0.355 e. The summed E-state index contributed by atoms with van der Waals surface area (Å²) >= 11 is 0. The van der Waals surface area contributed by atoms with Gasteiger partial charge in [-0.1, -0.05) is 37.0 Å². The van der Waals surface area contributed by atoms with Crippen LogP contribution in [0.25, 0.3) is 0 Å². The molecule has 21 heavy (non-hydrogen) atoms. The summed E-state index contributed by atoms with van der Waals surface area (Å²) in [5, 5.41) is 5.50. The fraction of sp³-hybridized carbons (Fsp3) is 0.412. The second-order valence-corrected chi connectivity index (χ2v) is 5.31. The van der Waals surface area contributed by atoms with E-state index in [0.29, 0.717) is 25.4 Å². The lowest BCUT2D eigenvalue weighted by Crippen LogP contribution is -2.31. The van der Waals surface area contributed by atoms with Gasteiger partial charge >= 0.3 is 0 Å². The van der Waals surface area contributed by atoms with E-state index in [-0.39, 0.29) is 17.7 Å². The zero-order valence-corrected chi connectivity index (χ0v) is 12.2. The van der Waals surface area contributed by atoms with E-state index >= 15 is 0 Å². The van der Waals surface area contributed by atoms with Gasteiger partial charge in [0.05, 0.1) is 6.54 Å². The predicted octanol–water partition coefficient (Wildman–Crippen LogP) is 1.32. The number of carbonyl (C=O) groups is 2. The molecule has 2 amide bonds. The van der Waals surface area contributed by atoms with Crippen molar-refractivity contribution in [2.45, 2.75) is 19.8 Å². The third kappa shape index (κ3) is 5.31. The number of benzene rings is 1. The normalized spacial score (nSPS) is 19.1. The quantitative estimate of drug-likeness (QED) is 0.801. The topological polar surface area (TPSA) is 58.2 Å². The minimum absolute atomic E-state index is 0.0687. The highest BCUT2D eigenvalue weighted by Gasteiger charge is 2.38. The Morgan fingerprint density at radius 2 is 1.95 bits per heavy atom. The summed E-state index contributed by atoms with van der Waals surface area (Å²) in [5.41, 5.74) is 0.928. The zero-order chi connectivity index (χ0) is 15.1. The van der Waals surface area contributed by atoms with Gasteiger partial charge in [-0.2, -0.15) is 0 Å². The van der Waals surface area contributed by atoms with E-state index in [1.54, 1.807) is 0 Å². The molecule has 1 aliphatic carbocycles. The minimum Gasteiger partial charge on any atom is -0.355 e. The highest BCUT2D eigenvalue weighted by Crippen LogP contribution is 2.37. The molecule has 0 spiro atoms. The molecule has 0 aliphatic heterocycles. The van der Waals surface area contributed by atoms with Crippen LogP contribution in [0.2, 0.25) is 0 Å². The van der Waals surface area contributed by atoms with Crippen LogP contribution in [0.3, 0.4) is 0 Å². The molecule has 1 aliphatic rings. The van der Waals surface area contributed by atoms with E-state index in [2.05, 4.69) is 29.4 Å². The molecule has 0 heterocycles. The van der Waals surface area contributed by atoms with Gasteiger partial charge in [0.2, 0.25) is 11.8 Å². The van der Waals surface area contributed by atoms with Gasteiger partial charge in [0.15, 0.2) is 0 Å². The monoisotopic (exact) mass is 284 g/mol. The first kappa shape index (κ1) is 15.1. The molecule has 110 valence electrons. The maximum absolute atomic E-state index is 11.6. The van der Waals surface area contributed by atoms with Gasteiger partial charge in [-0.05, 0) is 24.5 Å². The number of hydrogen-bond acceptors (Lipinski definition) is 2. The highest BCUT2D eigenvalue weighted by molar-refractivity contribution is 5.82. The lowest BCUT2D eigenvalue weighted by atomic mass is 10.2. The fourth-order valence-electron chi connectivity index (χ4n) is 2.02. The lowest BCUT2D eigenvalue weighted by molar-refractivity contribution is -0.123. The van der Waals surface area contributed by atoms with Crippen LogP contribution < -0.4 is 10.6 Å². The molecule has 0 bridgehead atoms. The van der Waals surface area contributed by atoms with Crippen molar-refractivity contribution in [3.63, 3.8) is 0 Å². The summed E-state index contributed by atoms with van der Waals surface area (Å²) in [5.74, 6) is 6.49. The van der Waals surface area contributed by atoms with Crippen LogP contribution in [-0.4, -0.2) is 24.9 Å². The smallest absolute Gasteiger partial charge is 0.223 e. The van der Waals surface area contributed by atoms with Gasteiger partial charge in [0, 0.05) is 24.4 Å².